The summed E-state index contributed by atoms with van der Waals surface area (Å²) in [7, 11) is 0. The van der Waals surface area contributed by atoms with Gasteiger partial charge in [-0.25, -0.2) is 0 Å². The number of rotatable bonds is 1. The van der Waals surface area contributed by atoms with Crippen LogP contribution < -0.4 is 5.32 Å². The van der Waals surface area contributed by atoms with Gasteiger partial charge in [-0.15, -0.1) is 0 Å². The molecule has 3 rings (SSSR count). The van der Waals surface area contributed by atoms with Gasteiger partial charge >= 0.3 is 0 Å². The molecule has 0 radical (unpaired) electrons. The highest BCUT2D eigenvalue weighted by Gasteiger charge is 2.41. The van der Waals surface area contributed by atoms with Gasteiger partial charge in [0.1, 0.15) is 5.76 Å². The van der Waals surface area contributed by atoms with Crippen LogP contribution >= 0.6 is 0 Å². The third-order valence-corrected chi connectivity index (χ3v) is 4.15. The van der Waals surface area contributed by atoms with Gasteiger partial charge in [0.05, 0.1) is 0 Å². The summed E-state index contributed by atoms with van der Waals surface area (Å²) < 4.78 is 4.93. The molecule has 2 fully saturated rings. The van der Waals surface area contributed by atoms with Crippen LogP contribution in [0.15, 0.2) is 10.6 Å². The number of nitrogens with one attached hydrogen (secondary N) is 1. The van der Waals surface area contributed by atoms with Crippen LogP contribution in [0.2, 0.25) is 0 Å². The SMILES string of the molecule is Cc1cc(C(=O)N2CCC3(CC2)CNC(=O)C3)no1. The first-order valence-electron chi connectivity index (χ1n) is 6.57. The number of amides is 2. The smallest absolute Gasteiger partial charge is 0.276 e. The molecule has 0 aliphatic carbocycles. The summed E-state index contributed by atoms with van der Waals surface area (Å²) in [5, 5.41) is 6.65. The molecule has 2 amide bonds. The van der Waals surface area contributed by atoms with Crippen molar-refractivity contribution in [2.75, 3.05) is 19.6 Å². The van der Waals surface area contributed by atoms with E-state index in [2.05, 4.69) is 10.5 Å². The fourth-order valence-corrected chi connectivity index (χ4v) is 2.92. The average molecular weight is 263 g/mol. The second-order valence-electron chi connectivity index (χ2n) is 5.57. The van der Waals surface area contributed by atoms with E-state index >= 15 is 0 Å². The maximum absolute atomic E-state index is 12.2. The number of carbonyl (C=O) groups excluding carboxylic acids is 2. The fourth-order valence-electron chi connectivity index (χ4n) is 2.92. The second kappa shape index (κ2) is 4.36. The van der Waals surface area contributed by atoms with Gasteiger partial charge in [-0.2, -0.15) is 0 Å². The third kappa shape index (κ3) is 2.22. The lowest BCUT2D eigenvalue weighted by Crippen LogP contribution is -2.44. The van der Waals surface area contributed by atoms with Crippen LogP contribution in [0.25, 0.3) is 0 Å². The number of aromatic nitrogens is 1. The molecule has 1 aromatic rings. The molecule has 0 atom stereocenters. The van der Waals surface area contributed by atoms with Crippen LogP contribution in [0, 0.1) is 12.3 Å². The minimum Gasteiger partial charge on any atom is -0.361 e. The molecule has 2 aliphatic heterocycles. The summed E-state index contributed by atoms with van der Waals surface area (Å²) in [6.45, 7) is 3.88. The van der Waals surface area contributed by atoms with Crippen LogP contribution in [0.4, 0.5) is 0 Å². The van der Waals surface area contributed by atoms with Crippen LogP contribution in [0.5, 0.6) is 0 Å². The molecule has 0 unspecified atom stereocenters. The van der Waals surface area contributed by atoms with Crippen molar-refractivity contribution in [2.45, 2.75) is 26.2 Å². The Morgan fingerprint density at radius 3 is 2.74 bits per heavy atom. The third-order valence-electron chi connectivity index (χ3n) is 4.15. The Kier molecular flexibility index (Phi) is 2.80. The Bertz CT molecular complexity index is 515. The van der Waals surface area contributed by atoms with Crippen molar-refractivity contribution < 1.29 is 14.1 Å². The molecule has 6 nitrogen and oxygen atoms in total. The van der Waals surface area contributed by atoms with Gasteiger partial charge in [-0.1, -0.05) is 5.16 Å². The van der Waals surface area contributed by atoms with E-state index in [0.29, 0.717) is 31.0 Å². The Morgan fingerprint density at radius 1 is 1.47 bits per heavy atom. The van der Waals surface area contributed by atoms with Gasteiger partial charge in [0.2, 0.25) is 5.91 Å². The maximum Gasteiger partial charge on any atom is 0.276 e. The zero-order valence-electron chi connectivity index (χ0n) is 10.9. The van der Waals surface area contributed by atoms with Gasteiger partial charge in [-0.05, 0) is 25.2 Å². The zero-order chi connectivity index (χ0) is 13.5. The first-order valence-corrected chi connectivity index (χ1v) is 6.57. The standard InChI is InChI=1S/C13H17N3O3/c1-9-6-10(15-19-9)12(18)16-4-2-13(3-5-16)7-11(17)14-8-13/h6H,2-5,7-8H2,1H3,(H,14,17). The van der Waals surface area contributed by atoms with Gasteiger partial charge in [0.25, 0.3) is 5.91 Å². The molecule has 19 heavy (non-hydrogen) atoms. The van der Waals surface area contributed by atoms with E-state index < -0.39 is 0 Å². The lowest BCUT2D eigenvalue weighted by molar-refractivity contribution is -0.119. The highest BCUT2D eigenvalue weighted by atomic mass is 16.5. The van der Waals surface area contributed by atoms with Crippen LogP contribution in [0.1, 0.15) is 35.5 Å². The largest absolute Gasteiger partial charge is 0.361 e. The van der Waals surface area contributed by atoms with E-state index in [4.69, 9.17) is 4.52 Å². The monoisotopic (exact) mass is 263 g/mol. The number of carbonyl (C=O) groups is 2. The summed E-state index contributed by atoms with van der Waals surface area (Å²) in [5.41, 5.74) is 0.433. The number of piperidine rings is 1. The number of likely N-dealkylation sites (tertiary alicyclic amines) is 1. The molecule has 3 heterocycles. The quantitative estimate of drug-likeness (QED) is 0.810. The Morgan fingerprint density at radius 2 is 2.21 bits per heavy atom. The minimum atomic E-state index is -0.0796. The summed E-state index contributed by atoms with van der Waals surface area (Å²) in [6, 6.07) is 1.66. The maximum atomic E-state index is 12.2. The molecule has 0 saturated carbocycles. The van der Waals surface area contributed by atoms with Crippen molar-refractivity contribution in [2.24, 2.45) is 5.41 Å². The molecule has 0 aromatic carbocycles. The summed E-state index contributed by atoms with van der Waals surface area (Å²) >= 11 is 0. The molecule has 1 spiro atoms. The molecular weight excluding hydrogens is 246 g/mol. The molecule has 2 aliphatic rings. The zero-order valence-corrected chi connectivity index (χ0v) is 10.9. The van der Waals surface area contributed by atoms with Crippen molar-refractivity contribution >= 4 is 11.8 Å². The van der Waals surface area contributed by atoms with E-state index in [9.17, 15) is 9.59 Å². The summed E-state index contributed by atoms with van der Waals surface area (Å²) in [4.78, 5) is 25.3. The van der Waals surface area contributed by atoms with E-state index in [1.165, 1.54) is 0 Å². The fraction of sp³-hybridized carbons (Fsp3) is 0.615. The topological polar surface area (TPSA) is 75.4 Å². The van der Waals surface area contributed by atoms with E-state index in [1.54, 1.807) is 17.9 Å². The first-order chi connectivity index (χ1) is 9.08. The Labute approximate surface area is 111 Å². The molecule has 0 bridgehead atoms. The van der Waals surface area contributed by atoms with Gasteiger partial charge in [-0.3, -0.25) is 9.59 Å². The molecule has 102 valence electrons. The first kappa shape index (κ1) is 12.2. The van der Waals surface area contributed by atoms with Crippen molar-refractivity contribution in [3.63, 3.8) is 0 Å². The van der Waals surface area contributed by atoms with Gasteiger partial charge in [0, 0.05) is 32.1 Å². The van der Waals surface area contributed by atoms with Crippen molar-refractivity contribution in [1.29, 1.82) is 0 Å². The number of hydrogen-bond acceptors (Lipinski definition) is 4. The highest BCUT2D eigenvalue weighted by molar-refractivity contribution is 5.92. The van der Waals surface area contributed by atoms with Crippen molar-refractivity contribution in [3.05, 3.63) is 17.5 Å². The molecule has 6 heteroatoms. The average Bonchev–Trinajstić information content (AvgIpc) is 2.97. The number of nitrogens with zero attached hydrogens (tertiary/aromatic N) is 2. The molecule has 1 aromatic heterocycles. The normalized spacial score (nSPS) is 21.7. The predicted molar refractivity (Wildman–Crippen MR) is 66.4 cm³/mol. The molecule has 2 saturated heterocycles. The van der Waals surface area contributed by atoms with Gasteiger partial charge in [0.15, 0.2) is 5.69 Å². The highest BCUT2D eigenvalue weighted by Crippen LogP contribution is 2.37. The van der Waals surface area contributed by atoms with Crippen molar-refractivity contribution in [3.8, 4) is 0 Å². The summed E-state index contributed by atoms with van der Waals surface area (Å²) in [5.74, 6) is 0.693. The van der Waals surface area contributed by atoms with Crippen molar-refractivity contribution in [1.82, 2.24) is 15.4 Å². The molecular formula is C13H17N3O3. The van der Waals surface area contributed by atoms with Gasteiger partial charge < -0.3 is 14.7 Å². The van der Waals surface area contributed by atoms with E-state index in [-0.39, 0.29) is 17.2 Å². The Balaban J connectivity index is 1.64. The lowest BCUT2D eigenvalue weighted by Gasteiger charge is -2.37. The predicted octanol–water partition coefficient (Wildman–Crippen LogP) is 0.725. The summed E-state index contributed by atoms with van der Waals surface area (Å²) in [6.07, 6.45) is 2.33. The minimum absolute atomic E-state index is 0.0631. The van der Waals surface area contributed by atoms with E-state index in [0.717, 1.165) is 19.4 Å². The van der Waals surface area contributed by atoms with Crippen LogP contribution in [-0.2, 0) is 4.79 Å². The Hall–Kier alpha value is -1.85. The number of aryl methyl sites for hydroxylation is 1. The number of hydrogen-bond donors (Lipinski definition) is 1. The lowest BCUT2D eigenvalue weighted by atomic mass is 9.77. The second-order valence-corrected chi connectivity index (χ2v) is 5.57. The molecule has 1 N–H and O–H groups in total. The van der Waals surface area contributed by atoms with Crippen LogP contribution in [0.3, 0.4) is 0 Å². The van der Waals surface area contributed by atoms with Crippen LogP contribution in [-0.4, -0.2) is 41.5 Å². The van der Waals surface area contributed by atoms with E-state index in [1.807, 2.05) is 0 Å².